The van der Waals surface area contributed by atoms with E-state index in [1.54, 1.807) is 12.1 Å². The number of rotatable bonds is 2. The maximum atomic E-state index is 10.9. The fourth-order valence-corrected chi connectivity index (χ4v) is 1.15. The molecule has 1 aromatic rings. The molecule has 1 rings (SSSR count). The number of carboxylic acid groups (broad SMARTS) is 1. The van der Waals surface area contributed by atoms with E-state index in [0.717, 1.165) is 0 Å². The van der Waals surface area contributed by atoms with Crippen LogP contribution in [0, 0.1) is 11.8 Å². The lowest BCUT2D eigenvalue weighted by molar-refractivity contribution is 0.0696. The van der Waals surface area contributed by atoms with Crippen molar-refractivity contribution >= 4 is 18.6 Å². The van der Waals surface area contributed by atoms with Gasteiger partial charge in [0.2, 0.25) is 0 Å². The molecule has 0 fully saturated rings. The first-order valence-corrected chi connectivity index (χ1v) is 4.83. The molecule has 1 N–H and O–H groups in total. The van der Waals surface area contributed by atoms with Crippen LogP contribution >= 0.6 is 12.6 Å². The zero-order valence-electron chi connectivity index (χ0n) is 8.15. The van der Waals surface area contributed by atoms with E-state index < -0.39 is 5.97 Å². The van der Waals surface area contributed by atoms with Crippen LogP contribution in [0.2, 0.25) is 0 Å². The Kier molecular flexibility index (Phi) is 4.07. The first kappa shape index (κ1) is 11.5. The predicted octanol–water partition coefficient (Wildman–Crippen LogP) is 1.67. The van der Waals surface area contributed by atoms with Crippen molar-refractivity contribution in [1.82, 2.24) is 0 Å². The molecule has 0 radical (unpaired) electrons. The van der Waals surface area contributed by atoms with Crippen molar-refractivity contribution in [2.24, 2.45) is 0 Å². The van der Waals surface area contributed by atoms with Crippen LogP contribution in [0.15, 0.2) is 18.2 Å². The monoisotopic (exact) mass is 222 g/mol. The maximum absolute atomic E-state index is 10.9. The summed E-state index contributed by atoms with van der Waals surface area (Å²) in [6.07, 6.45) is 0. The second-order valence-electron chi connectivity index (χ2n) is 2.68. The second-order valence-corrected chi connectivity index (χ2v) is 2.99. The highest BCUT2D eigenvalue weighted by molar-refractivity contribution is 7.80. The Morgan fingerprint density at radius 3 is 2.87 bits per heavy atom. The second kappa shape index (κ2) is 5.32. The number of ether oxygens (including phenoxy) is 1. The topological polar surface area (TPSA) is 46.5 Å². The van der Waals surface area contributed by atoms with Gasteiger partial charge in [-0.15, -0.1) is 0 Å². The molecule has 3 nitrogen and oxygen atoms in total. The molecule has 0 amide bonds. The molecule has 0 bridgehead atoms. The van der Waals surface area contributed by atoms with Crippen LogP contribution in [-0.2, 0) is 0 Å². The van der Waals surface area contributed by atoms with E-state index in [2.05, 4.69) is 24.5 Å². The third kappa shape index (κ3) is 2.93. The summed E-state index contributed by atoms with van der Waals surface area (Å²) in [7, 11) is 1.49. The summed E-state index contributed by atoms with van der Waals surface area (Å²) in [5.41, 5.74) is 0.612. The van der Waals surface area contributed by atoms with Gasteiger partial charge in [0.15, 0.2) is 0 Å². The average Bonchev–Trinajstić information content (AvgIpc) is 2.26. The number of benzene rings is 1. The molecule has 0 aliphatic heterocycles. The highest BCUT2D eigenvalue weighted by Gasteiger charge is 2.09. The third-order valence-corrected chi connectivity index (χ3v) is 1.92. The van der Waals surface area contributed by atoms with Gasteiger partial charge < -0.3 is 9.84 Å². The summed E-state index contributed by atoms with van der Waals surface area (Å²) < 4.78 is 4.94. The van der Waals surface area contributed by atoms with Crippen LogP contribution in [-0.4, -0.2) is 23.9 Å². The Bertz CT molecular complexity index is 429. The lowest BCUT2D eigenvalue weighted by Crippen LogP contribution is -2.00. The van der Waals surface area contributed by atoms with Crippen molar-refractivity contribution in [3.63, 3.8) is 0 Å². The van der Waals surface area contributed by atoms with Crippen LogP contribution < -0.4 is 4.74 Å². The van der Waals surface area contributed by atoms with Crippen molar-refractivity contribution in [3.05, 3.63) is 29.3 Å². The number of hydrogen-bond acceptors (Lipinski definition) is 3. The largest absolute Gasteiger partial charge is 0.497 e. The summed E-state index contributed by atoms with van der Waals surface area (Å²) >= 11 is 3.93. The molecule has 0 aliphatic carbocycles. The summed E-state index contributed by atoms with van der Waals surface area (Å²) in [4.78, 5) is 10.9. The Balaban J connectivity index is 3.21. The summed E-state index contributed by atoms with van der Waals surface area (Å²) in [6, 6.07) is 4.75. The average molecular weight is 222 g/mol. The van der Waals surface area contributed by atoms with E-state index in [0.29, 0.717) is 17.1 Å². The molecule has 1 aromatic carbocycles. The first-order valence-electron chi connectivity index (χ1n) is 4.20. The Morgan fingerprint density at radius 2 is 2.33 bits per heavy atom. The molecule has 0 saturated heterocycles. The van der Waals surface area contributed by atoms with E-state index in [1.807, 2.05) is 0 Å². The van der Waals surface area contributed by atoms with Gasteiger partial charge in [-0.1, -0.05) is 11.8 Å². The van der Waals surface area contributed by atoms with Gasteiger partial charge in [0, 0.05) is 5.56 Å². The Hall–Kier alpha value is -1.60. The van der Waals surface area contributed by atoms with Crippen LogP contribution in [0.25, 0.3) is 0 Å². The minimum Gasteiger partial charge on any atom is -0.497 e. The number of carbonyl (C=O) groups is 1. The van der Waals surface area contributed by atoms with Gasteiger partial charge in [-0.2, -0.15) is 12.6 Å². The van der Waals surface area contributed by atoms with E-state index in [9.17, 15) is 4.79 Å². The van der Waals surface area contributed by atoms with E-state index in [-0.39, 0.29) is 5.56 Å². The maximum Gasteiger partial charge on any atom is 0.337 e. The Morgan fingerprint density at radius 1 is 1.60 bits per heavy atom. The summed E-state index contributed by atoms with van der Waals surface area (Å²) in [5, 5.41) is 8.94. The molecule has 0 unspecified atom stereocenters. The highest BCUT2D eigenvalue weighted by atomic mass is 32.1. The zero-order valence-corrected chi connectivity index (χ0v) is 9.04. The highest BCUT2D eigenvalue weighted by Crippen LogP contribution is 2.17. The first-order chi connectivity index (χ1) is 7.19. The third-order valence-electron chi connectivity index (χ3n) is 1.76. The standard InChI is InChI=1S/C11H10O3S/c1-14-9-5-4-8(3-2-6-15)10(7-9)11(12)13/h4-5,7,15H,6H2,1H3,(H,12,13). The number of thiol groups is 1. The molecule has 0 aromatic heterocycles. The van der Waals surface area contributed by atoms with Crippen LogP contribution in [0.1, 0.15) is 15.9 Å². The van der Waals surface area contributed by atoms with E-state index in [4.69, 9.17) is 9.84 Å². The lowest BCUT2D eigenvalue weighted by Gasteiger charge is -2.03. The SMILES string of the molecule is COc1ccc(C#CCS)c(C(=O)O)c1. The van der Waals surface area contributed by atoms with Gasteiger partial charge in [-0.25, -0.2) is 4.79 Å². The molecule has 0 saturated carbocycles. The van der Waals surface area contributed by atoms with Crippen LogP contribution in [0.5, 0.6) is 5.75 Å². The zero-order chi connectivity index (χ0) is 11.3. The number of methoxy groups -OCH3 is 1. The summed E-state index contributed by atoms with van der Waals surface area (Å²) in [6.45, 7) is 0. The van der Waals surface area contributed by atoms with Gasteiger partial charge in [0.05, 0.1) is 18.4 Å². The Labute approximate surface area is 93.5 Å². The van der Waals surface area contributed by atoms with Crippen LogP contribution in [0.4, 0.5) is 0 Å². The predicted molar refractivity (Wildman–Crippen MR) is 60.7 cm³/mol. The normalized spacial score (nSPS) is 8.93. The van der Waals surface area contributed by atoms with Gasteiger partial charge in [-0.05, 0) is 18.2 Å². The molecule has 0 aliphatic rings. The van der Waals surface area contributed by atoms with Crippen molar-refractivity contribution < 1.29 is 14.6 Å². The molecule has 0 atom stereocenters. The molecule has 0 heterocycles. The molecule has 15 heavy (non-hydrogen) atoms. The van der Waals surface area contributed by atoms with Crippen molar-refractivity contribution in [3.8, 4) is 17.6 Å². The number of aromatic carboxylic acids is 1. The smallest absolute Gasteiger partial charge is 0.337 e. The van der Waals surface area contributed by atoms with Crippen LogP contribution in [0.3, 0.4) is 0 Å². The van der Waals surface area contributed by atoms with Gasteiger partial charge in [0.25, 0.3) is 0 Å². The number of hydrogen-bond donors (Lipinski definition) is 2. The van der Waals surface area contributed by atoms with E-state index >= 15 is 0 Å². The van der Waals surface area contributed by atoms with Gasteiger partial charge in [0.1, 0.15) is 5.75 Å². The minimum absolute atomic E-state index is 0.142. The van der Waals surface area contributed by atoms with Crippen molar-refractivity contribution in [1.29, 1.82) is 0 Å². The van der Waals surface area contributed by atoms with E-state index in [1.165, 1.54) is 13.2 Å². The molecular formula is C11H10O3S. The van der Waals surface area contributed by atoms with Crippen molar-refractivity contribution in [2.45, 2.75) is 0 Å². The van der Waals surface area contributed by atoms with Gasteiger partial charge in [-0.3, -0.25) is 0 Å². The molecule has 4 heteroatoms. The quantitative estimate of drug-likeness (QED) is 0.591. The fourth-order valence-electron chi connectivity index (χ4n) is 1.07. The van der Waals surface area contributed by atoms with Gasteiger partial charge >= 0.3 is 5.97 Å². The minimum atomic E-state index is -1.02. The number of carboxylic acids is 1. The lowest BCUT2D eigenvalue weighted by atomic mass is 10.1. The summed E-state index contributed by atoms with van der Waals surface area (Å²) in [5.74, 6) is 5.32. The molecule has 78 valence electrons. The molecule has 0 spiro atoms. The molecular weight excluding hydrogens is 212 g/mol. The fraction of sp³-hybridized carbons (Fsp3) is 0.182. The van der Waals surface area contributed by atoms with Crippen molar-refractivity contribution in [2.75, 3.05) is 12.9 Å².